The number of hydrogen-bond donors (Lipinski definition) is 1. The van der Waals surface area contributed by atoms with Crippen LogP contribution < -0.4 is 5.32 Å². The van der Waals surface area contributed by atoms with Crippen molar-refractivity contribution in [2.45, 2.75) is 46.1 Å². The van der Waals surface area contributed by atoms with E-state index in [2.05, 4.69) is 31.0 Å². The summed E-state index contributed by atoms with van der Waals surface area (Å²) in [6, 6.07) is -0.180. The van der Waals surface area contributed by atoms with Crippen molar-refractivity contribution in [3.8, 4) is 0 Å². The lowest BCUT2D eigenvalue weighted by atomic mass is 9.86. The number of nitrogens with zero attached hydrogens (tertiary/aromatic N) is 1. The maximum atomic E-state index is 11.8. The van der Waals surface area contributed by atoms with Crippen LogP contribution in [-0.2, 0) is 9.53 Å². The fourth-order valence-corrected chi connectivity index (χ4v) is 2.74. The normalized spacial score (nSPS) is 19.6. The van der Waals surface area contributed by atoms with Crippen LogP contribution in [0, 0.1) is 11.8 Å². The molecule has 1 aliphatic heterocycles. The molecule has 4 nitrogen and oxygen atoms in total. The summed E-state index contributed by atoms with van der Waals surface area (Å²) in [6.45, 7) is 10.6. The lowest BCUT2D eigenvalue weighted by Crippen LogP contribution is -2.49. The summed E-state index contributed by atoms with van der Waals surface area (Å²) in [7, 11) is 1.47. The highest BCUT2D eigenvalue weighted by molar-refractivity contribution is 5.75. The highest BCUT2D eigenvalue weighted by atomic mass is 16.5. The minimum Gasteiger partial charge on any atom is -0.468 e. The Morgan fingerprint density at radius 3 is 2.47 bits per heavy atom. The third-order valence-electron chi connectivity index (χ3n) is 4.14. The second-order valence-electron chi connectivity index (χ2n) is 5.91. The molecule has 0 radical (unpaired) electrons. The number of piperidine rings is 1. The van der Waals surface area contributed by atoms with Gasteiger partial charge in [-0.05, 0) is 50.7 Å². The quantitative estimate of drug-likeness (QED) is 0.717. The van der Waals surface area contributed by atoms with Crippen molar-refractivity contribution in [2.75, 3.05) is 33.3 Å². The van der Waals surface area contributed by atoms with Crippen LogP contribution in [0.2, 0.25) is 0 Å². The molecule has 1 N–H and O–H groups in total. The first-order valence-corrected chi connectivity index (χ1v) is 7.62. The molecule has 0 aromatic rings. The van der Waals surface area contributed by atoms with Crippen molar-refractivity contribution in [2.24, 2.45) is 11.8 Å². The molecule has 19 heavy (non-hydrogen) atoms. The summed E-state index contributed by atoms with van der Waals surface area (Å²) in [5.74, 6) is 1.48. The highest BCUT2D eigenvalue weighted by Gasteiger charge is 2.26. The average molecular weight is 270 g/mol. The molecule has 1 unspecified atom stereocenters. The van der Waals surface area contributed by atoms with E-state index < -0.39 is 0 Å². The number of rotatable bonds is 7. The predicted molar refractivity (Wildman–Crippen MR) is 78.1 cm³/mol. The molecule has 0 spiro atoms. The van der Waals surface area contributed by atoms with Crippen molar-refractivity contribution in [1.82, 2.24) is 10.2 Å². The van der Waals surface area contributed by atoms with Gasteiger partial charge >= 0.3 is 5.97 Å². The standard InChI is InChI=1S/C15H30N2O2/c1-5-8-16-14(15(18)19-4)11-17-9-6-13(7-10-17)12(2)3/h12-14,16H,5-11H2,1-4H3. The zero-order chi connectivity index (χ0) is 14.3. The van der Waals surface area contributed by atoms with Crippen LogP contribution in [0.1, 0.15) is 40.0 Å². The molecule has 0 aromatic carbocycles. The minimum atomic E-state index is -0.180. The largest absolute Gasteiger partial charge is 0.468 e. The molecule has 1 rings (SSSR count). The van der Waals surface area contributed by atoms with E-state index in [1.165, 1.54) is 20.0 Å². The van der Waals surface area contributed by atoms with Crippen molar-refractivity contribution in [3.63, 3.8) is 0 Å². The molecule has 1 atom stereocenters. The molecule has 1 aliphatic rings. The molecular formula is C15H30N2O2. The summed E-state index contributed by atoms with van der Waals surface area (Å²) < 4.78 is 4.88. The fourth-order valence-electron chi connectivity index (χ4n) is 2.74. The topological polar surface area (TPSA) is 41.6 Å². The summed E-state index contributed by atoms with van der Waals surface area (Å²) in [6.07, 6.45) is 3.53. The molecule has 0 aromatic heterocycles. The van der Waals surface area contributed by atoms with E-state index in [1.807, 2.05) is 0 Å². The highest BCUT2D eigenvalue weighted by Crippen LogP contribution is 2.24. The van der Waals surface area contributed by atoms with E-state index >= 15 is 0 Å². The van der Waals surface area contributed by atoms with Gasteiger partial charge in [0.05, 0.1) is 7.11 Å². The van der Waals surface area contributed by atoms with E-state index in [0.29, 0.717) is 0 Å². The predicted octanol–water partition coefficient (Wildman–Crippen LogP) is 1.90. The maximum Gasteiger partial charge on any atom is 0.324 e. The van der Waals surface area contributed by atoms with Crippen LogP contribution in [0.3, 0.4) is 0 Å². The third-order valence-corrected chi connectivity index (χ3v) is 4.14. The number of esters is 1. The number of nitrogens with one attached hydrogen (secondary N) is 1. The van der Waals surface area contributed by atoms with Crippen molar-refractivity contribution in [1.29, 1.82) is 0 Å². The molecule has 1 fully saturated rings. The van der Waals surface area contributed by atoms with Crippen molar-refractivity contribution in [3.05, 3.63) is 0 Å². The molecule has 0 amide bonds. The lowest BCUT2D eigenvalue weighted by molar-refractivity contribution is -0.143. The van der Waals surface area contributed by atoms with E-state index in [-0.39, 0.29) is 12.0 Å². The Hall–Kier alpha value is -0.610. The first-order valence-electron chi connectivity index (χ1n) is 7.62. The summed E-state index contributed by atoms with van der Waals surface area (Å²) in [5.41, 5.74) is 0. The van der Waals surface area contributed by atoms with Crippen LogP contribution in [-0.4, -0.2) is 50.2 Å². The van der Waals surface area contributed by atoms with E-state index in [9.17, 15) is 4.79 Å². The van der Waals surface area contributed by atoms with Crippen molar-refractivity contribution >= 4 is 5.97 Å². The average Bonchev–Trinajstić information content (AvgIpc) is 2.43. The third kappa shape index (κ3) is 5.49. The minimum absolute atomic E-state index is 0.139. The Labute approximate surface area is 117 Å². The molecule has 112 valence electrons. The number of likely N-dealkylation sites (tertiary alicyclic amines) is 1. The number of methoxy groups -OCH3 is 1. The van der Waals surface area contributed by atoms with Crippen LogP contribution in [0.25, 0.3) is 0 Å². The summed E-state index contributed by atoms with van der Waals surface area (Å²) in [4.78, 5) is 14.1. The van der Waals surface area contributed by atoms with Gasteiger partial charge in [0, 0.05) is 6.54 Å². The first kappa shape index (κ1) is 16.4. The maximum absolute atomic E-state index is 11.8. The molecule has 0 aliphatic carbocycles. The molecule has 1 saturated heterocycles. The Morgan fingerprint density at radius 1 is 1.37 bits per heavy atom. The lowest BCUT2D eigenvalue weighted by Gasteiger charge is -2.35. The van der Waals surface area contributed by atoms with Gasteiger partial charge in [0.2, 0.25) is 0 Å². The Morgan fingerprint density at radius 2 is 2.00 bits per heavy atom. The number of carbonyl (C=O) groups is 1. The van der Waals surface area contributed by atoms with Crippen LogP contribution in [0.5, 0.6) is 0 Å². The van der Waals surface area contributed by atoms with Gasteiger partial charge in [-0.3, -0.25) is 4.79 Å². The van der Waals surface area contributed by atoms with E-state index in [0.717, 1.165) is 44.4 Å². The molecular weight excluding hydrogens is 240 g/mol. The monoisotopic (exact) mass is 270 g/mol. The van der Waals surface area contributed by atoms with Gasteiger partial charge in [-0.15, -0.1) is 0 Å². The van der Waals surface area contributed by atoms with Gasteiger partial charge in [0.1, 0.15) is 6.04 Å². The first-order chi connectivity index (χ1) is 9.08. The summed E-state index contributed by atoms with van der Waals surface area (Å²) in [5, 5.41) is 3.29. The van der Waals surface area contributed by atoms with Gasteiger partial charge in [0.15, 0.2) is 0 Å². The molecule has 0 saturated carbocycles. The number of ether oxygens (including phenoxy) is 1. The van der Waals surface area contributed by atoms with Gasteiger partial charge in [0.25, 0.3) is 0 Å². The Bertz CT molecular complexity index is 261. The van der Waals surface area contributed by atoms with Gasteiger partial charge < -0.3 is 15.0 Å². The second kappa shape index (κ2) is 8.54. The zero-order valence-electron chi connectivity index (χ0n) is 12.9. The SMILES string of the molecule is CCCNC(CN1CCC(C(C)C)CC1)C(=O)OC. The summed E-state index contributed by atoms with van der Waals surface area (Å²) >= 11 is 0. The van der Waals surface area contributed by atoms with Crippen LogP contribution in [0.4, 0.5) is 0 Å². The zero-order valence-corrected chi connectivity index (χ0v) is 12.9. The van der Waals surface area contributed by atoms with Gasteiger partial charge in [-0.2, -0.15) is 0 Å². The number of carbonyl (C=O) groups excluding carboxylic acids is 1. The van der Waals surface area contributed by atoms with Gasteiger partial charge in [-0.1, -0.05) is 20.8 Å². The smallest absolute Gasteiger partial charge is 0.324 e. The molecule has 1 heterocycles. The fraction of sp³-hybridized carbons (Fsp3) is 0.933. The van der Waals surface area contributed by atoms with Gasteiger partial charge in [-0.25, -0.2) is 0 Å². The second-order valence-corrected chi connectivity index (χ2v) is 5.91. The van der Waals surface area contributed by atoms with E-state index in [1.54, 1.807) is 0 Å². The Balaban J connectivity index is 2.40. The van der Waals surface area contributed by atoms with Crippen molar-refractivity contribution < 1.29 is 9.53 Å². The Kier molecular flexibility index (Phi) is 7.39. The van der Waals surface area contributed by atoms with E-state index in [4.69, 9.17) is 4.74 Å². The number of hydrogen-bond acceptors (Lipinski definition) is 4. The molecule has 0 bridgehead atoms. The van der Waals surface area contributed by atoms with Crippen LogP contribution >= 0.6 is 0 Å². The molecule has 4 heteroatoms. The van der Waals surface area contributed by atoms with Crippen LogP contribution in [0.15, 0.2) is 0 Å².